The van der Waals surface area contributed by atoms with E-state index >= 15 is 0 Å². The summed E-state index contributed by atoms with van der Waals surface area (Å²) >= 11 is 6.59. The van der Waals surface area contributed by atoms with Crippen molar-refractivity contribution < 1.29 is 13.2 Å². The maximum atomic E-state index is 12.5. The molecule has 0 atom stereocenters. The Hall–Kier alpha value is -1.61. The molecule has 102 valence electrons. The first-order valence-electron chi connectivity index (χ1n) is 4.79. The van der Waals surface area contributed by atoms with Gasteiger partial charge in [0.15, 0.2) is 0 Å². The number of alkyl halides is 3. The number of benzene rings is 1. The zero-order valence-corrected chi connectivity index (χ0v) is 10.7. The minimum Gasteiger partial charge on any atom is -0.398 e. The molecule has 0 saturated carbocycles. The second-order valence-electron chi connectivity index (χ2n) is 3.46. The van der Waals surface area contributed by atoms with Crippen LogP contribution in [0.3, 0.4) is 0 Å². The van der Waals surface area contributed by atoms with Crippen molar-refractivity contribution in [3.63, 3.8) is 0 Å². The highest BCUT2D eigenvalue weighted by Crippen LogP contribution is 2.34. The zero-order valence-electron chi connectivity index (χ0n) is 9.15. The fourth-order valence-electron chi connectivity index (χ4n) is 1.25. The molecule has 2 rings (SSSR count). The van der Waals surface area contributed by atoms with Crippen molar-refractivity contribution >= 4 is 29.1 Å². The van der Waals surface area contributed by atoms with Gasteiger partial charge in [-0.2, -0.15) is 13.2 Å². The summed E-state index contributed by atoms with van der Waals surface area (Å²) in [7, 11) is 0. The van der Waals surface area contributed by atoms with Crippen LogP contribution in [0, 0.1) is 0 Å². The molecule has 0 radical (unpaired) electrons. The molecule has 10 heteroatoms. The number of anilines is 1. The molecule has 0 bridgehead atoms. The Morgan fingerprint density at radius 3 is 2.47 bits per heavy atom. The molecule has 0 fully saturated rings. The molecule has 0 aliphatic heterocycles. The van der Waals surface area contributed by atoms with Gasteiger partial charge in [0, 0.05) is 15.6 Å². The lowest BCUT2D eigenvalue weighted by Crippen LogP contribution is -2.21. The normalized spacial score (nSPS) is 11.8. The number of aromatic nitrogens is 3. The van der Waals surface area contributed by atoms with Crippen LogP contribution in [0.15, 0.2) is 28.3 Å². The predicted octanol–water partition coefficient (Wildman–Crippen LogP) is 2.40. The molecule has 2 aromatic rings. The van der Waals surface area contributed by atoms with Crippen molar-refractivity contribution in [2.24, 2.45) is 0 Å². The molecule has 4 N–H and O–H groups in total. The third-order valence-electron chi connectivity index (χ3n) is 2.09. The molecule has 0 aliphatic carbocycles. The van der Waals surface area contributed by atoms with Crippen molar-refractivity contribution in [2.45, 2.75) is 16.2 Å². The van der Waals surface area contributed by atoms with E-state index in [-0.39, 0.29) is 5.16 Å². The van der Waals surface area contributed by atoms with Gasteiger partial charge in [-0.3, -0.25) is 0 Å². The molecule has 0 spiro atoms. The monoisotopic (exact) mass is 309 g/mol. The van der Waals surface area contributed by atoms with Gasteiger partial charge in [-0.25, -0.2) is 4.68 Å². The van der Waals surface area contributed by atoms with Crippen molar-refractivity contribution in [3.05, 3.63) is 29.0 Å². The second kappa shape index (κ2) is 4.82. The van der Waals surface area contributed by atoms with Crippen molar-refractivity contribution in [2.75, 3.05) is 11.6 Å². The Bertz CT molecular complexity index is 612. The third kappa shape index (κ3) is 2.87. The molecule has 1 aromatic carbocycles. The molecule has 0 unspecified atom stereocenters. The van der Waals surface area contributed by atoms with Gasteiger partial charge in [-0.1, -0.05) is 11.6 Å². The Morgan fingerprint density at radius 1 is 1.26 bits per heavy atom. The lowest BCUT2D eigenvalue weighted by molar-refractivity contribution is -0.146. The van der Waals surface area contributed by atoms with Crippen molar-refractivity contribution in [1.29, 1.82) is 0 Å². The molecule has 1 heterocycles. The SMILES string of the molecule is Nc1cc(Cl)ccc1Sc1nnc(C(F)(F)F)n1N. The van der Waals surface area contributed by atoms with E-state index in [2.05, 4.69) is 10.2 Å². The van der Waals surface area contributed by atoms with Crippen LogP contribution in [-0.4, -0.2) is 14.9 Å². The average Bonchev–Trinajstić information content (AvgIpc) is 2.64. The number of nitrogens with zero attached hydrogens (tertiary/aromatic N) is 3. The Kier molecular flexibility index (Phi) is 3.50. The minimum absolute atomic E-state index is 0.124. The van der Waals surface area contributed by atoms with E-state index in [1.165, 1.54) is 6.07 Å². The highest BCUT2D eigenvalue weighted by Gasteiger charge is 2.38. The highest BCUT2D eigenvalue weighted by atomic mass is 35.5. The van der Waals surface area contributed by atoms with Gasteiger partial charge >= 0.3 is 6.18 Å². The number of halogens is 4. The summed E-state index contributed by atoms with van der Waals surface area (Å²) in [6, 6.07) is 4.60. The first-order chi connectivity index (χ1) is 8.79. The molecule has 19 heavy (non-hydrogen) atoms. The molecular weight excluding hydrogens is 303 g/mol. The van der Waals surface area contributed by atoms with E-state index in [1.807, 2.05) is 0 Å². The van der Waals surface area contributed by atoms with Gasteiger partial charge in [0.1, 0.15) is 0 Å². The summed E-state index contributed by atoms with van der Waals surface area (Å²) in [5, 5.41) is 6.69. The molecular formula is C9H7ClF3N5S. The summed E-state index contributed by atoms with van der Waals surface area (Å²) < 4.78 is 37.8. The minimum atomic E-state index is -4.66. The third-order valence-corrected chi connectivity index (χ3v) is 3.38. The molecule has 0 amide bonds. The predicted molar refractivity (Wildman–Crippen MR) is 65.2 cm³/mol. The number of hydrogen-bond acceptors (Lipinski definition) is 5. The van der Waals surface area contributed by atoms with Gasteiger partial charge in [0.25, 0.3) is 5.82 Å². The van der Waals surface area contributed by atoms with E-state index < -0.39 is 12.0 Å². The number of rotatable bonds is 2. The number of nitrogens with two attached hydrogens (primary N) is 2. The van der Waals surface area contributed by atoms with Crippen LogP contribution in [0.4, 0.5) is 18.9 Å². The summed E-state index contributed by atoms with van der Waals surface area (Å²) in [4.78, 5) is 0.484. The van der Waals surface area contributed by atoms with E-state index in [0.29, 0.717) is 20.3 Å². The van der Waals surface area contributed by atoms with E-state index in [1.54, 1.807) is 12.1 Å². The standard InChI is InChI=1S/C9H7ClF3N5S/c10-4-1-2-6(5(14)3-4)19-8-17-16-7(18(8)15)9(11,12)13/h1-3H,14-15H2. The first kappa shape index (κ1) is 13.8. The van der Waals surface area contributed by atoms with E-state index in [4.69, 9.17) is 23.2 Å². The fraction of sp³-hybridized carbons (Fsp3) is 0.111. The lowest BCUT2D eigenvalue weighted by Gasteiger charge is -2.07. The van der Waals surface area contributed by atoms with E-state index in [0.717, 1.165) is 11.8 Å². The molecule has 5 nitrogen and oxygen atoms in total. The Balaban J connectivity index is 2.32. The van der Waals surface area contributed by atoms with Crippen LogP contribution in [0.1, 0.15) is 5.82 Å². The number of nitrogen functional groups attached to an aromatic ring is 2. The topological polar surface area (TPSA) is 82.8 Å². The summed E-state index contributed by atoms with van der Waals surface area (Å²) in [6.07, 6.45) is -4.66. The molecule has 0 aliphatic rings. The second-order valence-corrected chi connectivity index (χ2v) is 4.90. The lowest BCUT2D eigenvalue weighted by atomic mass is 10.3. The largest absolute Gasteiger partial charge is 0.453 e. The smallest absolute Gasteiger partial charge is 0.398 e. The maximum Gasteiger partial charge on any atom is 0.453 e. The Labute approximate surface area is 114 Å². The van der Waals surface area contributed by atoms with Crippen LogP contribution < -0.4 is 11.6 Å². The highest BCUT2D eigenvalue weighted by molar-refractivity contribution is 7.99. The van der Waals surface area contributed by atoms with Crippen LogP contribution in [0.5, 0.6) is 0 Å². The molecule has 0 saturated heterocycles. The van der Waals surface area contributed by atoms with Gasteiger partial charge in [0.2, 0.25) is 5.16 Å². The number of hydrogen-bond donors (Lipinski definition) is 2. The first-order valence-corrected chi connectivity index (χ1v) is 5.99. The average molecular weight is 310 g/mol. The van der Waals surface area contributed by atoms with Gasteiger partial charge < -0.3 is 11.6 Å². The quantitative estimate of drug-likeness (QED) is 0.657. The van der Waals surface area contributed by atoms with Crippen LogP contribution in [0.2, 0.25) is 5.02 Å². The molecule has 1 aromatic heterocycles. The summed E-state index contributed by atoms with van der Waals surface area (Å²) in [5.41, 5.74) is 6.00. The summed E-state index contributed by atoms with van der Waals surface area (Å²) in [5.74, 6) is 4.03. The van der Waals surface area contributed by atoms with E-state index in [9.17, 15) is 13.2 Å². The van der Waals surface area contributed by atoms with Crippen LogP contribution in [-0.2, 0) is 6.18 Å². The van der Waals surface area contributed by atoms with Crippen LogP contribution in [0.25, 0.3) is 0 Å². The maximum absolute atomic E-state index is 12.5. The summed E-state index contributed by atoms with van der Waals surface area (Å²) in [6.45, 7) is 0. The van der Waals surface area contributed by atoms with Gasteiger partial charge in [-0.15, -0.1) is 10.2 Å². The zero-order chi connectivity index (χ0) is 14.2. The van der Waals surface area contributed by atoms with Gasteiger partial charge in [-0.05, 0) is 30.0 Å². The Morgan fingerprint density at radius 2 is 1.95 bits per heavy atom. The van der Waals surface area contributed by atoms with Crippen LogP contribution >= 0.6 is 23.4 Å². The van der Waals surface area contributed by atoms with Crippen molar-refractivity contribution in [3.8, 4) is 0 Å². The fourth-order valence-corrected chi connectivity index (χ4v) is 2.21. The van der Waals surface area contributed by atoms with Gasteiger partial charge in [0.05, 0.1) is 0 Å². The van der Waals surface area contributed by atoms with Crippen molar-refractivity contribution in [1.82, 2.24) is 14.9 Å².